The van der Waals surface area contributed by atoms with Gasteiger partial charge in [0.25, 0.3) is 0 Å². The predicted octanol–water partition coefficient (Wildman–Crippen LogP) is 4.50. The molecule has 8 heteroatoms. The summed E-state index contributed by atoms with van der Waals surface area (Å²) in [5.41, 5.74) is 3.50. The zero-order valence-corrected chi connectivity index (χ0v) is 23.0. The van der Waals surface area contributed by atoms with Crippen molar-refractivity contribution in [3.8, 4) is 0 Å². The van der Waals surface area contributed by atoms with Crippen LogP contribution in [0.2, 0.25) is 5.02 Å². The van der Waals surface area contributed by atoms with Gasteiger partial charge < -0.3 is 14.5 Å². The minimum atomic E-state index is -0.813. The van der Waals surface area contributed by atoms with Crippen LogP contribution in [0.1, 0.15) is 35.6 Å². The number of likely N-dealkylation sites (tertiary alicyclic amines) is 1. The molecule has 36 heavy (non-hydrogen) atoms. The van der Waals surface area contributed by atoms with Gasteiger partial charge >= 0.3 is 0 Å². The van der Waals surface area contributed by atoms with Gasteiger partial charge in [0.1, 0.15) is 5.54 Å². The van der Waals surface area contributed by atoms with Gasteiger partial charge in [-0.05, 0) is 50.5 Å². The Morgan fingerprint density at radius 2 is 1.69 bits per heavy atom. The third-order valence-corrected chi connectivity index (χ3v) is 8.34. The lowest BCUT2D eigenvalue weighted by Gasteiger charge is -2.51. The van der Waals surface area contributed by atoms with Gasteiger partial charge in [-0.2, -0.15) is 0 Å². The standard InChI is InChI=1S/C28H36ClN3O3S/c1-21-16-22(2)18-24(17-21)19-26(33)32-9-8-28(32,3)27(34)30(20-23-4-6-25(29)7-5-23)12-15-36-31-10-13-35-14-11-31/h4-7,16-18H,8-15,19-20H2,1-3H3. The van der Waals surface area contributed by atoms with Crippen molar-refractivity contribution in [2.24, 2.45) is 0 Å². The zero-order chi connectivity index (χ0) is 25.7. The molecule has 1 unspecified atom stereocenters. The fraction of sp³-hybridized carbons (Fsp3) is 0.500. The van der Waals surface area contributed by atoms with Crippen molar-refractivity contribution in [3.63, 3.8) is 0 Å². The summed E-state index contributed by atoms with van der Waals surface area (Å²) in [6, 6.07) is 13.8. The van der Waals surface area contributed by atoms with Gasteiger partial charge in [0.15, 0.2) is 0 Å². The summed E-state index contributed by atoms with van der Waals surface area (Å²) in [4.78, 5) is 30.9. The third kappa shape index (κ3) is 6.62. The molecule has 4 rings (SSSR count). The molecule has 0 aliphatic carbocycles. The van der Waals surface area contributed by atoms with E-state index in [2.05, 4.69) is 22.5 Å². The maximum atomic E-state index is 13.9. The summed E-state index contributed by atoms with van der Waals surface area (Å²) in [6.07, 6.45) is 0.994. The Bertz CT molecular complexity index is 1050. The Balaban J connectivity index is 1.45. The first-order valence-corrected chi connectivity index (χ1v) is 13.9. The van der Waals surface area contributed by atoms with E-state index in [0.29, 0.717) is 37.5 Å². The molecular weight excluding hydrogens is 494 g/mol. The number of halogens is 1. The number of carbonyl (C=O) groups excluding carboxylic acids is 2. The van der Waals surface area contributed by atoms with Crippen molar-refractivity contribution in [3.05, 3.63) is 69.7 Å². The van der Waals surface area contributed by atoms with E-state index in [1.165, 1.54) is 0 Å². The monoisotopic (exact) mass is 529 g/mol. The molecule has 1 atom stereocenters. The number of nitrogens with zero attached hydrogens (tertiary/aromatic N) is 3. The van der Waals surface area contributed by atoms with E-state index in [0.717, 1.165) is 54.3 Å². The molecule has 2 aromatic rings. The number of morpholine rings is 1. The number of ether oxygens (including phenoxy) is 1. The summed E-state index contributed by atoms with van der Waals surface area (Å²) < 4.78 is 7.75. The molecule has 2 aliphatic rings. The zero-order valence-electron chi connectivity index (χ0n) is 21.5. The van der Waals surface area contributed by atoms with Gasteiger partial charge in [0.2, 0.25) is 11.8 Å². The molecule has 0 saturated carbocycles. The Morgan fingerprint density at radius 3 is 2.31 bits per heavy atom. The maximum absolute atomic E-state index is 13.9. The van der Waals surface area contributed by atoms with Gasteiger partial charge in [-0.25, -0.2) is 4.31 Å². The lowest BCUT2D eigenvalue weighted by molar-refractivity contribution is -0.163. The highest BCUT2D eigenvalue weighted by Gasteiger charge is 2.50. The second kappa shape index (κ2) is 12.0. The number of benzene rings is 2. The van der Waals surface area contributed by atoms with Crippen LogP contribution in [0.3, 0.4) is 0 Å². The van der Waals surface area contributed by atoms with Gasteiger partial charge in [-0.3, -0.25) is 9.59 Å². The van der Waals surface area contributed by atoms with Crippen molar-refractivity contribution >= 4 is 35.4 Å². The average Bonchev–Trinajstić information content (AvgIpc) is 2.83. The molecule has 6 nitrogen and oxygen atoms in total. The average molecular weight is 530 g/mol. The highest BCUT2D eigenvalue weighted by Crippen LogP contribution is 2.34. The minimum absolute atomic E-state index is 0.0104. The first-order valence-electron chi connectivity index (χ1n) is 12.6. The number of carbonyl (C=O) groups is 2. The highest BCUT2D eigenvalue weighted by atomic mass is 35.5. The van der Waals surface area contributed by atoms with Crippen molar-refractivity contribution < 1.29 is 14.3 Å². The topological polar surface area (TPSA) is 53.1 Å². The molecule has 2 aliphatic heterocycles. The summed E-state index contributed by atoms with van der Waals surface area (Å²) in [6.45, 7) is 11.0. The van der Waals surface area contributed by atoms with E-state index < -0.39 is 5.54 Å². The molecule has 2 amide bonds. The number of rotatable bonds is 9. The van der Waals surface area contributed by atoms with Crippen molar-refractivity contribution in [2.75, 3.05) is 45.1 Å². The SMILES string of the molecule is Cc1cc(C)cc(CC(=O)N2CCC2(C)C(=O)N(CCSN2CCOCC2)Cc2ccc(Cl)cc2)c1. The van der Waals surface area contributed by atoms with Gasteiger partial charge in [0, 0.05) is 43.5 Å². The predicted molar refractivity (Wildman–Crippen MR) is 146 cm³/mol. The molecular formula is C28H36ClN3O3S. The molecule has 2 aromatic carbocycles. The van der Waals surface area contributed by atoms with E-state index in [1.807, 2.05) is 49.9 Å². The van der Waals surface area contributed by atoms with E-state index in [1.54, 1.807) is 16.8 Å². The molecule has 0 spiro atoms. The molecule has 0 aromatic heterocycles. The van der Waals surface area contributed by atoms with Crippen LogP contribution in [0.4, 0.5) is 0 Å². The normalized spacial score (nSPS) is 20.2. The Morgan fingerprint density at radius 1 is 1.03 bits per heavy atom. The highest BCUT2D eigenvalue weighted by molar-refractivity contribution is 7.97. The van der Waals surface area contributed by atoms with Crippen LogP contribution in [0.5, 0.6) is 0 Å². The van der Waals surface area contributed by atoms with E-state index in [9.17, 15) is 9.59 Å². The number of aryl methyl sites for hydroxylation is 2. The van der Waals surface area contributed by atoms with Gasteiger partial charge in [0.05, 0.1) is 19.6 Å². The lowest BCUT2D eigenvalue weighted by atomic mass is 9.84. The second-order valence-electron chi connectivity index (χ2n) is 9.97. The Labute approximate surface area is 224 Å². The summed E-state index contributed by atoms with van der Waals surface area (Å²) in [5, 5.41) is 0.675. The molecule has 0 radical (unpaired) electrons. The lowest BCUT2D eigenvalue weighted by Crippen LogP contribution is -2.68. The maximum Gasteiger partial charge on any atom is 0.248 e. The second-order valence-corrected chi connectivity index (χ2v) is 11.6. The van der Waals surface area contributed by atoms with Crippen molar-refractivity contribution in [2.45, 2.75) is 45.7 Å². The molecule has 0 N–H and O–H groups in total. The largest absolute Gasteiger partial charge is 0.379 e. The number of hydrogen-bond donors (Lipinski definition) is 0. The molecule has 2 fully saturated rings. The quantitative estimate of drug-likeness (QED) is 0.448. The number of hydrogen-bond acceptors (Lipinski definition) is 5. The van der Waals surface area contributed by atoms with Crippen LogP contribution in [0.25, 0.3) is 0 Å². The summed E-state index contributed by atoms with van der Waals surface area (Å²) >= 11 is 7.84. The minimum Gasteiger partial charge on any atom is -0.379 e. The van der Waals surface area contributed by atoms with Crippen LogP contribution in [-0.2, 0) is 27.3 Å². The molecule has 194 valence electrons. The van der Waals surface area contributed by atoms with E-state index in [4.69, 9.17) is 16.3 Å². The van der Waals surface area contributed by atoms with Crippen LogP contribution < -0.4 is 0 Å². The van der Waals surface area contributed by atoms with Crippen LogP contribution in [0, 0.1) is 13.8 Å². The number of amides is 2. The van der Waals surface area contributed by atoms with Gasteiger partial charge in [-0.1, -0.05) is 65.0 Å². The van der Waals surface area contributed by atoms with Crippen LogP contribution in [0.15, 0.2) is 42.5 Å². The molecule has 0 bridgehead atoms. The fourth-order valence-corrected chi connectivity index (χ4v) is 6.07. The smallest absolute Gasteiger partial charge is 0.248 e. The first kappa shape index (κ1) is 27.0. The van der Waals surface area contributed by atoms with Gasteiger partial charge in [-0.15, -0.1) is 0 Å². The molecule has 2 saturated heterocycles. The van der Waals surface area contributed by atoms with E-state index in [-0.39, 0.29) is 11.8 Å². The Hall–Kier alpha value is -2.06. The fourth-order valence-electron chi connectivity index (χ4n) is 4.98. The van der Waals surface area contributed by atoms with Crippen LogP contribution in [-0.4, -0.2) is 76.6 Å². The third-order valence-electron chi connectivity index (χ3n) is 7.00. The van der Waals surface area contributed by atoms with Crippen molar-refractivity contribution in [1.29, 1.82) is 0 Å². The molecule has 2 heterocycles. The van der Waals surface area contributed by atoms with E-state index >= 15 is 0 Å². The summed E-state index contributed by atoms with van der Waals surface area (Å²) in [7, 11) is 0. The van der Waals surface area contributed by atoms with Crippen LogP contribution >= 0.6 is 23.5 Å². The van der Waals surface area contributed by atoms with Crippen molar-refractivity contribution in [1.82, 2.24) is 14.1 Å². The Kier molecular flexibility index (Phi) is 8.99. The first-order chi connectivity index (χ1) is 17.2. The summed E-state index contributed by atoms with van der Waals surface area (Å²) in [5.74, 6) is 0.822.